The average molecular weight is 343 g/mol. The van der Waals surface area contributed by atoms with Gasteiger partial charge in [-0.15, -0.1) is 12.4 Å². The highest BCUT2D eigenvalue weighted by molar-refractivity contribution is 5.95. The first-order chi connectivity index (χ1) is 10.5. The van der Waals surface area contributed by atoms with Crippen LogP contribution in [0.4, 0.5) is 0 Å². The number of hydrogen-bond acceptors (Lipinski definition) is 4. The number of nitrogens with one attached hydrogen (secondary N) is 1. The second-order valence-corrected chi connectivity index (χ2v) is 6.12. The topological polar surface area (TPSA) is 73.6 Å². The summed E-state index contributed by atoms with van der Waals surface area (Å²) in [4.78, 5) is 12.4. The predicted octanol–water partition coefficient (Wildman–Crippen LogP) is 2.90. The van der Waals surface area contributed by atoms with Gasteiger partial charge < -0.3 is 20.5 Å². The van der Waals surface area contributed by atoms with Crippen molar-refractivity contribution in [1.82, 2.24) is 5.32 Å². The Hall–Kier alpha value is -1.46. The van der Waals surface area contributed by atoms with Gasteiger partial charge in [-0.25, -0.2) is 0 Å². The minimum Gasteiger partial charge on any atom is -0.493 e. The summed E-state index contributed by atoms with van der Waals surface area (Å²) in [6, 6.07) is 5.77. The Balaban J connectivity index is 0.00000264. The van der Waals surface area contributed by atoms with E-state index in [2.05, 4.69) is 5.32 Å². The Morgan fingerprint density at radius 1 is 1.22 bits per heavy atom. The van der Waals surface area contributed by atoms with E-state index < -0.39 is 0 Å². The average Bonchev–Trinajstić information content (AvgIpc) is 2.49. The molecule has 0 aromatic heterocycles. The lowest BCUT2D eigenvalue weighted by molar-refractivity contribution is 0.0925. The molecule has 23 heavy (non-hydrogen) atoms. The molecule has 0 aliphatic heterocycles. The number of hydrogen-bond donors (Lipinski definition) is 2. The Kier molecular flexibility index (Phi) is 7.65. The molecular weight excluding hydrogens is 316 g/mol. The lowest BCUT2D eigenvalue weighted by Gasteiger charge is -2.26. The number of carbonyl (C=O) groups is 1. The van der Waals surface area contributed by atoms with E-state index >= 15 is 0 Å². The molecule has 1 aliphatic carbocycles. The molecule has 1 aromatic carbocycles. The van der Waals surface area contributed by atoms with Crippen LogP contribution >= 0.6 is 12.4 Å². The zero-order valence-electron chi connectivity index (χ0n) is 14.0. The van der Waals surface area contributed by atoms with Gasteiger partial charge in [0.05, 0.1) is 13.2 Å². The molecule has 1 aromatic rings. The molecule has 1 aliphatic rings. The quantitative estimate of drug-likeness (QED) is 0.862. The van der Waals surface area contributed by atoms with E-state index in [1.807, 2.05) is 13.8 Å². The predicted molar refractivity (Wildman–Crippen MR) is 93.7 cm³/mol. The van der Waals surface area contributed by atoms with E-state index in [4.69, 9.17) is 15.2 Å². The van der Waals surface area contributed by atoms with Gasteiger partial charge in [-0.1, -0.05) is 0 Å². The monoisotopic (exact) mass is 342 g/mol. The maximum atomic E-state index is 12.4. The molecule has 1 amide bonds. The van der Waals surface area contributed by atoms with Crippen molar-refractivity contribution in [3.8, 4) is 11.5 Å². The number of nitrogens with two attached hydrogens (primary N) is 1. The maximum absolute atomic E-state index is 12.4. The fraction of sp³-hybridized carbons (Fsp3) is 0.588. The number of ether oxygens (including phenoxy) is 2. The van der Waals surface area contributed by atoms with Gasteiger partial charge >= 0.3 is 0 Å². The third-order valence-electron chi connectivity index (χ3n) is 3.90. The van der Waals surface area contributed by atoms with E-state index in [0.29, 0.717) is 17.1 Å². The van der Waals surface area contributed by atoms with Crippen LogP contribution in [0.5, 0.6) is 11.5 Å². The fourth-order valence-corrected chi connectivity index (χ4v) is 2.69. The van der Waals surface area contributed by atoms with E-state index in [-0.39, 0.29) is 36.5 Å². The van der Waals surface area contributed by atoms with Crippen molar-refractivity contribution in [1.29, 1.82) is 0 Å². The van der Waals surface area contributed by atoms with Crippen molar-refractivity contribution < 1.29 is 14.3 Å². The summed E-state index contributed by atoms with van der Waals surface area (Å²) in [5, 5.41) is 3.08. The van der Waals surface area contributed by atoms with Gasteiger partial charge in [-0.05, 0) is 57.7 Å². The summed E-state index contributed by atoms with van der Waals surface area (Å²) in [6.07, 6.45) is 3.88. The molecule has 2 rings (SSSR count). The first-order valence-corrected chi connectivity index (χ1v) is 7.90. The van der Waals surface area contributed by atoms with Crippen LogP contribution in [-0.2, 0) is 0 Å². The number of rotatable bonds is 5. The van der Waals surface area contributed by atoms with Gasteiger partial charge in [0, 0.05) is 17.6 Å². The molecule has 1 fully saturated rings. The summed E-state index contributed by atoms with van der Waals surface area (Å²) in [7, 11) is 1.58. The normalized spacial score (nSPS) is 20.6. The van der Waals surface area contributed by atoms with Crippen LogP contribution in [0.25, 0.3) is 0 Å². The van der Waals surface area contributed by atoms with Crippen molar-refractivity contribution in [2.24, 2.45) is 5.73 Å². The lowest BCUT2D eigenvalue weighted by atomic mass is 9.91. The first-order valence-electron chi connectivity index (χ1n) is 7.90. The zero-order valence-corrected chi connectivity index (χ0v) is 14.8. The highest BCUT2D eigenvalue weighted by Gasteiger charge is 2.21. The summed E-state index contributed by atoms with van der Waals surface area (Å²) >= 11 is 0. The molecule has 1 saturated carbocycles. The SMILES string of the molecule is COc1cc(C(=O)NC2CCC(N)CC2)ccc1OC(C)C.Cl. The Morgan fingerprint density at radius 2 is 1.87 bits per heavy atom. The number of halogens is 1. The third-order valence-corrected chi connectivity index (χ3v) is 3.90. The fourth-order valence-electron chi connectivity index (χ4n) is 2.69. The summed E-state index contributed by atoms with van der Waals surface area (Å²) in [6.45, 7) is 3.90. The summed E-state index contributed by atoms with van der Waals surface area (Å²) in [5.74, 6) is 1.15. The van der Waals surface area contributed by atoms with Crippen LogP contribution < -0.4 is 20.5 Å². The molecule has 0 spiro atoms. The third kappa shape index (κ3) is 5.59. The molecular formula is C17H27ClN2O3. The van der Waals surface area contributed by atoms with Gasteiger partial charge in [-0.3, -0.25) is 4.79 Å². The molecule has 0 heterocycles. The number of carbonyl (C=O) groups excluding carboxylic acids is 1. The first kappa shape index (κ1) is 19.6. The molecule has 0 atom stereocenters. The van der Waals surface area contributed by atoms with Crippen LogP contribution in [0.1, 0.15) is 49.9 Å². The van der Waals surface area contributed by atoms with Gasteiger partial charge in [0.2, 0.25) is 0 Å². The molecule has 0 saturated heterocycles. The molecule has 6 heteroatoms. The Labute approximate surface area is 144 Å². The second kappa shape index (κ2) is 8.99. The maximum Gasteiger partial charge on any atom is 0.251 e. The Bertz CT molecular complexity index is 515. The smallest absolute Gasteiger partial charge is 0.251 e. The largest absolute Gasteiger partial charge is 0.493 e. The van der Waals surface area contributed by atoms with Gasteiger partial charge in [0.25, 0.3) is 5.91 Å². The molecule has 5 nitrogen and oxygen atoms in total. The highest BCUT2D eigenvalue weighted by Crippen LogP contribution is 2.29. The van der Waals surface area contributed by atoms with E-state index in [9.17, 15) is 4.79 Å². The highest BCUT2D eigenvalue weighted by atomic mass is 35.5. The van der Waals surface area contributed by atoms with Crippen LogP contribution in [0.15, 0.2) is 18.2 Å². The zero-order chi connectivity index (χ0) is 16.1. The minimum absolute atomic E-state index is 0. The van der Waals surface area contributed by atoms with Crippen LogP contribution in [0.2, 0.25) is 0 Å². The van der Waals surface area contributed by atoms with Crippen LogP contribution in [0, 0.1) is 0 Å². The van der Waals surface area contributed by atoms with Crippen molar-refractivity contribution in [2.75, 3.05) is 7.11 Å². The summed E-state index contributed by atoms with van der Waals surface area (Å²) in [5.41, 5.74) is 6.48. The standard InChI is InChI=1S/C17H26N2O3.ClH/c1-11(2)22-15-9-4-12(10-16(15)21-3)17(20)19-14-7-5-13(18)6-8-14;/h4,9-11,13-14H,5-8,18H2,1-3H3,(H,19,20);1H. The minimum atomic E-state index is -0.0742. The summed E-state index contributed by atoms with van der Waals surface area (Å²) < 4.78 is 11.0. The molecule has 0 bridgehead atoms. The second-order valence-electron chi connectivity index (χ2n) is 6.12. The van der Waals surface area contributed by atoms with Crippen molar-refractivity contribution in [3.05, 3.63) is 23.8 Å². The van der Waals surface area contributed by atoms with E-state index in [1.165, 1.54) is 0 Å². The van der Waals surface area contributed by atoms with Crippen molar-refractivity contribution >= 4 is 18.3 Å². The Morgan fingerprint density at radius 3 is 2.43 bits per heavy atom. The molecule has 3 N–H and O–H groups in total. The van der Waals surface area contributed by atoms with Crippen molar-refractivity contribution in [2.45, 2.75) is 57.7 Å². The number of benzene rings is 1. The number of amides is 1. The van der Waals surface area contributed by atoms with Crippen LogP contribution in [0.3, 0.4) is 0 Å². The van der Waals surface area contributed by atoms with Gasteiger partial charge in [0.15, 0.2) is 11.5 Å². The van der Waals surface area contributed by atoms with Gasteiger partial charge in [-0.2, -0.15) is 0 Å². The lowest BCUT2D eigenvalue weighted by Crippen LogP contribution is -2.40. The van der Waals surface area contributed by atoms with Crippen molar-refractivity contribution in [3.63, 3.8) is 0 Å². The van der Waals surface area contributed by atoms with E-state index in [1.54, 1.807) is 25.3 Å². The van der Waals surface area contributed by atoms with Gasteiger partial charge in [0.1, 0.15) is 0 Å². The van der Waals surface area contributed by atoms with E-state index in [0.717, 1.165) is 25.7 Å². The van der Waals surface area contributed by atoms with Crippen LogP contribution in [-0.4, -0.2) is 31.2 Å². The molecule has 0 unspecified atom stereocenters. The molecule has 130 valence electrons. The number of methoxy groups -OCH3 is 1. The molecule has 0 radical (unpaired) electrons.